The van der Waals surface area contributed by atoms with Crippen LogP contribution in [0, 0.1) is 0 Å². The maximum absolute atomic E-state index is 5.26. The van der Waals surface area contributed by atoms with Crippen LogP contribution >= 0.6 is 11.8 Å². The van der Waals surface area contributed by atoms with E-state index in [1.807, 2.05) is 18.2 Å². The van der Waals surface area contributed by atoms with E-state index in [1.165, 1.54) is 0 Å². The molecule has 0 saturated carbocycles. The van der Waals surface area contributed by atoms with Crippen molar-refractivity contribution in [3.8, 4) is 5.75 Å². The average molecular weight is 193 g/mol. The minimum absolute atomic E-state index is 0.913. The van der Waals surface area contributed by atoms with E-state index < -0.39 is 0 Å². The van der Waals surface area contributed by atoms with Gasteiger partial charge < -0.3 is 4.74 Å². The van der Waals surface area contributed by atoms with Crippen LogP contribution in [-0.2, 0) is 0 Å². The Balaban J connectivity index is 2.38. The lowest BCUT2D eigenvalue weighted by Gasteiger charge is -2.06. The third kappa shape index (κ3) is 1.70. The summed E-state index contributed by atoms with van der Waals surface area (Å²) in [5.74, 6) is 2.00. The van der Waals surface area contributed by atoms with Gasteiger partial charge in [-0.3, -0.25) is 4.99 Å². The number of hydrogen-bond donors (Lipinski definition) is 0. The fourth-order valence-corrected chi connectivity index (χ4v) is 2.20. The third-order valence-corrected chi connectivity index (χ3v) is 2.93. The summed E-state index contributed by atoms with van der Waals surface area (Å²) in [6.45, 7) is 0.929. The van der Waals surface area contributed by atoms with Crippen LogP contribution in [0.25, 0.3) is 0 Å². The van der Waals surface area contributed by atoms with Crippen molar-refractivity contribution in [2.24, 2.45) is 4.99 Å². The zero-order valence-corrected chi connectivity index (χ0v) is 8.30. The largest absolute Gasteiger partial charge is 0.496 e. The first kappa shape index (κ1) is 8.63. The molecule has 0 amide bonds. The summed E-state index contributed by atoms with van der Waals surface area (Å²) in [5, 5.41) is 1.11. The molecular formula is C10H11NOS. The van der Waals surface area contributed by atoms with Gasteiger partial charge in [-0.05, 0) is 12.1 Å². The van der Waals surface area contributed by atoms with Gasteiger partial charge in [0.05, 0.1) is 7.11 Å². The summed E-state index contributed by atoms with van der Waals surface area (Å²) in [7, 11) is 1.69. The number of para-hydroxylation sites is 1. The Hall–Kier alpha value is -0.960. The summed E-state index contributed by atoms with van der Waals surface area (Å²) >= 11 is 1.80. The van der Waals surface area contributed by atoms with E-state index in [1.54, 1.807) is 18.9 Å². The second-order valence-electron chi connectivity index (χ2n) is 2.74. The fraction of sp³-hybridized carbons (Fsp3) is 0.300. The summed E-state index contributed by atoms with van der Waals surface area (Å²) in [6, 6.07) is 8.01. The van der Waals surface area contributed by atoms with Crippen molar-refractivity contribution in [2.45, 2.75) is 0 Å². The number of aliphatic imine (C=N–C) groups is 1. The van der Waals surface area contributed by atoms with Gasteiger partial charge in [0, 0.05) is 17.9 Å². The molecule has 0 unspecified atom stereocenters. The Bertz CT molecular complexity index is 335. The second kappa shape index (κ2) is 3.83. The van der Waals surface area contributed by atoms with Crippen LogP contribution in [0.2, 0.25) is 0 Å². The number of rotatable bonds is 2. The molecule has 13 heavy (non-hydrogen) atoms. The van der Waals surface area contributed by atoms with Crippen molar-refractivity contribution in [2.75, 3.05) is 19.4 Å². The van der Waals surface area contributed by atoms with E-state index in [4.69, 9.17) is 4.74 Å². The van der Waals surface area contributed by atoms with E-state index in [2.05, 4.69) is 11.1 Å². The monoisotopic (exact) mass is 193 g/mol. The van der Waals surface area contributed by atoms with E-state index in [-0.39, 0.29) is 0 Å². The van der Waals surface area contributed by atoms with Gasteiger partial charge in [-0.2, -0.15) is 0 Å². The predicted octanol–water partition coefficient (Wildman–Crippen LogP) is 2.19. The normalized spacial score (nSPS) is 15.6. The predicted molar refractivity (Wildman–Crippen MR) is 56.9 cm³/mol. The third-order valence-electron chi connectivity index (χ3n) is 1.92. The zero-order chi connectivity index (χ0) is 9.10. The Labute approximate surface area is 82.0 Å². The highest BCUT2D eigenvalue weighted by Gasteiger charge is 2.13. The van der Waals surface area contributed by atoms with Crippen LogP contribution in [0.3, 0.4) is 0 Å². The molecule has 0 aromatic heterocycles. The van der Waals surface area contributed by atoms with E-state index in [9.17, 15) is 0 Å². The first-order chi connectivity index (χ1) is 6.42. The molecule has 0 fully saturated rings. The number of hydrogen-bond acceptors (Lipinski definition) is 3. The van der Waals surface area contributed by atoms with Gasteiger partial charge in [0.1, 0.15) is 10.8 Å². The highest BCUT2D eigenvalue weighted by atomic mass is 32.2. The van der Waals surface area contributed by atoms with Crippen molar-refractivity contribution in [3.05, 3.63) is 29.8 Å². The SMILES string of the molecule is COc1ccccc1C1=NCCS1. The minimum atomic E-state index is 0.913. The molecule has 0 spiro atoms. The summed E-state index contributed by atoms with van der Waals surface area (Å²) in [5.41, 5.74) is 1.12. The van der Waals surface area contributed by atoms with Gasteiger partial charge in [0.25, 0.3) is 0 Å². The molecule has 2 rings (SSSR count). The first-order valence-electron chi connectivity index (χ1n) is 4.22. The minimum Gasteiger partial charge on any atom is -0.496 e. The summed E-state index contributed by atoms with van der Waals surface area (Å²) in [4.78, 5) is 4.41. The molecule has 0 radical (unpaired) electrons. The van der Waals surface area contributed by atoms with Crippen LogP contribution in [0.4, 0.5) is 0 Å². The lowest BCUT2D eigenvalue weighted by Crippen LogP contribution is -1.96. The van der Waals surface area contributed by atoms with Crippen LogP contribution < -0.4 is 4.74 Å². The fourth-order valence-electron chi connectivity index (χ4n) is 1.32. The Kier molecular flexibility index (Phi) is 2.54. The van der Waals surface area contributed by atoms with Gasteiger partial charge in [-0.1, -0.05) is 12.1 Å². The molecule has 1 aliphatic heterocycles. The maximum Gasteiger partial charge on any atom is 0.128 e. The molecular weight excluding hydrogens is 182 g/mol. The molecule has 0 atom stereocenters. The van der Waals surface area contributed by atoms with Crippen molar-refractivity contribution < 1.29 is 4.74 Å². The quantitative estimate of drug-likeness (QED) is 0.718. The van der Waals surface area contributed by atoms with Gasteiger partial charge >= 0.3 is 0 Å². The molecule has 1 aromatic carbocycles. The first-order valence-corrected chi connectivity index (χ1v) is 5.21. The molecule has 68 valence electrons. The standard InChI is InChI=1S/C10H11NOS/c1-12-9-5-3-2-4-8(9)10-11-6-7-13-10/h2-5H,6-7H2,1H3. The summed E-state index contributed by atoms with van der Waals surface area (Å²) in [6.07, 6.45) is 0. The molecule has 0 aliphatic carbocycles. The van der Waals surface area contributed by atoms with Crippen LogP contribution in [0.5, 0.6) is 5.75 Å². The molecule has 1 aliphatic rings. The Morgan fingerprint density at radius 1 is 1.38 bits per heavy atom. The Morgan fingerprint density at radius 3 is 2.92 bits per heavy atom. The highest BCUT2D eigenvalue weighted by Crippen LogP contribution is 2.26. The summed E-state index contributed by atoms with van der Waals surface area (Å²) < 4.78 is 5.26. The molecule has 3 heteroatoms. The topological polar surface area (TPSA) is 21.6 Å². The molecule has 0 saturated heterocycles. The van der Waals surface area contributed by atoms with Crippen molar-refractivity contribution in [1.29, 1.82) is 0 Å². The smallest absolute Gasteiger partial charge is 0.128 e. The lowest BCUT2D eigenvalue weighted by atomic mass is 10.2. The van der Waals surface area contributed by atoms with E-state index in [0.29, 0.717) is 0 Å². The molecule has 2 nitrogen and oxygen atoms in total. The zero-order valence-electron chi connectivity index (χ0n) is 7.49. The van der Waals surface area contributed by atoms with Gasteiger partial charge in [-0.25, -0.2) is 0 Å². The number of nitrogens with zero attached hydrogens (tertiary/aromatic N) is 1. The molecule has 1 aromatic rings. The van der Waals surface area contributed by atoms with Crippen LogP contribution in [0.15, 0.2) is 29.3 Å². The molecule has 0 N–H and O–H groups in total. The lowest BCUT2D eigenvalue weighted by molar-refractivity contribution is 0.414. The van der Waals surface area contributed by atoms with E-state index >= 15 is 0 Å². The number of benzene rings is 1. The van der Waals surface area contributed by atoms with Gasteiger partial charge in [0.15, 0.2) is 0 Å². The van der Waals surface area contributed by atoms with Gasteiger partial charge in [-0.15, -0.1) is 11.8 Å². The highest BCUT2D eigenvalue weighted by molar-refractivity contribution is 8.14. The number of thioether (sulfide) groups is 1. The van der Waals surface area contributed by atoms with Crippen molar-refractivity contribution in [1.82, 2.24) is 0 Å². The van der Waals surface area contributed by atoms with Gasteiger partial charge in [0.2, 0.25) is 0 Å². The van der Waals surface area contributed by atoms with Crippen LogP contribution in [0.1, 0.15) is 5.56 Å². The second-order valence-corrected chi connectivity index (χ2v) is 3.82. The van der Waals surface area contributed by atoms with Crippen molar-refractivity contribution in [3.63, 3.8) is 0 Å². The molecule has 0 bridgehead atoms. The van der Waals surface area contributed by atoms with Crippen molar-refractivity contribution >= 4 is 16.8 Å². The molecule has 1 heterocycles. The van der Waals surface area contributed by atoms with Crippen LogP contribution in [-0.4, -0.2) is 24.5 Å². The van der Waals surface area contributed by atoms with E-state index in [0.717, 1.165) is 28.7 Å². The number of ether oxygens (including phenoxy) is 1. The number of methoxy groups -OCH3 is 1. The maximum atomic E-state index is 5.26. The average Bonchev–Trinajstić information content (AvgIpc) is 2.70. The Morgan fingerprint density at radius 2 is 2.23 bits per heavy atom.